The van der Waals surface area contributed by atoms with E-state index >= 15 is 0 Å². The van der Waals surface area contributed by atoms with Gasteiger partial charge in [-0.05, 0) is 44.4 Å². The fourth-order valence-corrected chi connectivity index (χ4v) is 2.53. The van der Waals surface area contributed by atoms with Crippen molar-refractivity contribution in [3.8, 4) is 5.75 Å². The van der Waals surface area contributed by atoms with Crippen molar-refractivity contribution in [2.24, 2.45) is 0 Å². The van der Waals surface area contributed by atoms with Gasteiger partial charge in [0, 0.05) is 24.7 Å². The topological polar surface area (TPSA) is 70.7 Å². The zero-order valence-corrected chi connectivity index (χ0v) is 14.0. The number of carbonyl (C=O) groups excluding carboxylic acids is 2. The van der Waals surface area contributed by atoms with E-state index in [1.807, 2.05) is 13.8 Å². The Morgan fingerprint density at radius 3 is 2.83 bits per heavy atom. The number of amides is 3. The highest BCUT2D eigenvalue weighted by molar-refractivity contribution is 5.97. The van der Waals surface area contributed by atoms with Crippen molar-refractivity contribution in [3.63, 3.8) is 0 Å². The lowest BCUT2D eigenvalue weighted by Crippen LogP contribution is -2.36. The molecule has 0 bridgehead atoms. The van der Waals surface area contributed by atoms with Crippen LogP contribution in [0.2, 0.25) is 0 Å². The van der Waals surface area contributed by atoms with E-state index in [2.05, 4.69) is 10.6 Å². The van der Waals surface area contributed by atoms with Crippen LogP contribution < -0.4 is 20.3 Å². The zero-order chi connectivity index (χ0) is 16.8. The number of piperidine rings is 1. The Bertz CT molecular complexity index is 574. The van der Waals surface area contributed by atoms with Gasteiger partial charge in [-0.15, -0.1) is 0 Å². The fourth-order valence-electron chi connectivity index (χ4n) is 2.53. The molecular weight excluding hydrogens is 294 g/mol. The molecule has 1 aliphatic heterocycles. The van der Waals surface area contributed by atoms with Crippen molar-refractivity contribution < 1.29 is 14.3 Å². The molecule has 1 aromatic rings. The molecule has 1 heterocycles. The van der Waals surface area contributed by atoms with Crippen LogP contribution in [-0.4, -0.2) is 31.6 Å². The van der Waals surface area contributed by atoms with Gasteiger partial charge in [0.1, 0.15) is 5.75 Å². The number of benzene rings is 1. The molecule has 2 N–H and O–H groups in total. The van der Waals surface area contributed by atoms with E-state index in [9.17, 15) is 9.59 Å². The minimum absolute atomic E-state index is 0.0933. The molecule has 1 atom stereocenters. The average Bonchev–Trinajstić information content (AvgIpc) is 2.55. The second-order valence-electron chi connectivity index (χ2n) is 5.80. The first-order valence-electron chi connectivity index (χ1n) is 8.11. The lowest BCUT2D eigenvalue weighted by molar-refractivity contribution is -0.119. The van der Waals surface area contributed by atoms with Gasteiger partial charge in [-0.25, -0.2) is 4.79 Å². The maximum atomic E-state index is 12.2. The van der Waals surface area contributed by atoms with Gasteiger partial charge >= 0.3 is 6.03 Å². The summed E-state index contributed by atoms with van der Waals surface area (Å²) in [6.07, 6.45) is 3.31. The van der Waals surface area contributed by atoms with E-state index in [1.54, 1.807) is 30.2 Å². The summed E-state index contributed by atoms with van der Waals surface area (Å²) in [4.78, 5) is 25.8. The quantitative estimate of drug-likeness (QED) is 0.876. The molecule has 6 nitrogen and oxygen atoms in total. The molecule has 126 valence electrons. The largest absolute Gasteiger partial charge is 0.495 e. The van der Waals surface area contributed by atoms with Gasteiger partial charge in [0.2, 0.25) is 5.91 Å². The summed E-state index contributed by atoms with van der Waals surface area (Å²) in [7, 11) is 1.58. The molecule has 6 heteroatoms. The summed E-state index contributed by atoms with van der Waals surface area (Å²) in [6, 6.07) is 5.19. The number of hydrogen-bond donors (Lipinski definition) is 2. The first-order chi connectivity index (χ1) is 11.0. The lowest BCUT2D eigenvalue weighted by atomic mass is 10.1. The standard InChI is InChI=1S/C17H25N3O3/c1-4-12(2)18-17(22)19-13-8-9-15(23-3)14(11-13)20-10-6-5-7-16(20)21/h8-9,11-12H,4-7,10H2,1-3H3,(H2,18,19,22). The van der Waals surface area contributed by atoms with Gasteiger partial charge in [0.25, 0.3) is 0 Å². The Morgan fingerprint density at radius 1 is 1.39 bits per heavy atom. The first-order valence-corrected chi connectivity index (χ1v) is 8.11. The van der Waals surface area contributed by atoms with Gasteiger partial charge in [0.05, 0.1) is 12.8 Å². The molecular formula is C17H25N3O3. The number of carbonyl (C=O) groups is 2. The van der Waals surface area contributed by atoms with Crippen LogP contribution in [0.3, 0.4) is 0 Å². The molecule has 0 radical (unpaired) electrons. The van der Waals surface area contributed by atoms with Gasteiger partial charge in [-0.1, -0.05) is 6.92 Å². The number of anilines is 2. The lowest BCUT2D eigenvalue weighted by Gasteiger charge is -2.28. The van der Waals surface area contributed by atoms with Gasteiger partial charge in [0.15, 0.2) is 0 Å². The SMILES string of the molecule is CCC(C)NC(=O)Nc1ccc(OC)c(N2CCCCC2=O)c1. The normalized spacial score (nSPS) is 16.0. The number of ether oxygens (including phenoxy) is 1. The minimum Gasteiger partial charge on any atom is -0.495 e. The second-order valence-corrected chi connectivity index (χ2v) is 5.80. The van der Waals surface area contributed by atoms with Crippen LogP contribution in [0, 0.1) is 0 Å². The van der Waals surface area contributed by atoms with Crippen LogP contribution in [0.4, 0.5) is 16.2 Å². The van der Waals surface area contributed by atoms with Gasteiger partial charge in [-0.2, -0.15) is 0 Å². The molecule has 0 aromatic heterocycles. The highest BCUT2D eigenvalue weighted by atomic mass is 16.5. The summed E-state index contributed by atoms with van der Waals surface area (Å²) < 4.78 is 5.37. The summed E-state index contributed by atoms with van der Waals surface area (Å²) in [5.41, 5.74) is 1.35. The Labute approximate surface area is 137 Å². The van der Waals surface area contributed by atoms with Gasteiger partial charge in [-0.3, -0.25) is 4.79 Å². The molecule has 1 saturated heterocycles. The van der Waals surface area contributed by atoms with E-state index in [-0.39, 0.29) is 18.0 Å². The molecule has 1 fully saturated rings. The second kappa shape index (κ2) is 7.85. The summed E-state index contributed by atoms with van der Waals surface area (Å²) in [5, 5.41) is 5.66. The Morgan fingerprint density at radius 2 is 2.17 bits per heavy atom. The molecule has 3 amide bonds. The van der Waals surface area contributed by atoms with E-state index in [1.165, 1.54) is 0 Å². The number of nitrogens with one attached hydrogen (secondary N) is 2. The van der Waals surface area contributed by atoms with E-state index in [0.717, 1.165) is 19.3 Å². The van der Waals surface area contributed by atoms with E-state index in [4.69, 9.17) is 4.74 Å². The molecule has 1 aliphatic rings. The van der Waals surface area contributed by atoms with Crippen LogP contribution in [-0.2, 0) is 4.79 Å². The van der Waals surface area contributed by atoms with Crippen molar-refractivity contribution in [2.45, 2.75) is 45.6 Å². The van der Waals surface area contributed by atoms with E-state index in [0.29, 0.717) is 30.1 Å². The number of nitrogens with zero attached hydrogens (tertiary/aromatic N) is 1. The number of methoxy groups -OCH3 is 1. The summed E-state index contributed by atoms with van der Waals surface area (Å²) in [5.74, 6) is 0.726. The molecule has 1 aromatic carbocycles. The molecule has 0 spiro atoms. The Kier molecular flexibility index (Phi) is 5.84. The fraction of sp³-hybridized carbons (Fsp3) is 0.529. The third-order valence-corrected chi connectivity index (χ3v) is 4.04. The van der Waals surface area contributed by atoms with Crippen LogP contribution in [0.15, 0.2) is 18.2 Å². The highest BCUT2D eigenvalue weighted by Crippen LogP contribution is 2.33. The van der Waals surface area contributed by atoms with E-state index < -0.39 is 0 Å². The van der Waals surface area contributed by atoms with Crippen molar-refractivity contribution in [1.82, 2.24) is 5.32 Å². The van der Waals surface area contributed by atoms with Crippen LogP contribution in [0.1, 0.15) is 39.5 Å². The maximum Gasteiger partial charge on any atom is 0.319 e. The first kappa shape index (κ1) is 17.1. The molecule has 0 saturated carbocycles. The van der Waals surface area contributed by atoms with Crippen molar-refractivity contribution in [1.29, 1.82) is 0 Å². The third-order valence-electron chi connectivity index (χ3n) is 4.04. The predicted molar refractivity (Wildman–Crippen MR) is 91.1 cm³/mol. The molecule has 2 rings (SSSR count). The molecule has 23 heavy (non-hydrogen) atoms. The van der Waals surface area contributed by atoms with Crippen molar-refractivity contribution in [2.75, 3.05) is 23.9 Å². The van der Waals surface area contributed by atoms with Crippen molar-refractivity contribution >= 4 is 23.3 Å². The molecule has 1 unspecified atom stereocenters. The zero-order valence-electron chi connectivity index (χ0n) is 14.0. The van der Waals surface area contributed by atoms with Crippen LogP contribution in [0.5, 0.6) is 5.75 Å². The van der Waals surface area contributed by atoms with Crippen molar-refractivity contribution in [3.05, 3.63) is 18.2 Å². The Hall–Kier alpha value is -2.24. The number of rotatable bonds is 5. The molecule has 0 aliphatic carbocycles. The minimum atomic E-state index is -0.250. The number of urea groups is 1. The van der Waals surface area contributed by atoms with Crippen LogP contribution >= 0.6 is 0 Å². The maximum absolute atomic E-state index is 12.2. The summed E-state index contributed by atoms with van der Waals surface area (Å²) in [6.45, 7) is 4.64. The van der Waals surface area contributed by atoms with Gasteiger partial charge < -0.3 is 20.3 Å². The predicted octanol–water partition coefficient (Wildman–Crippen LogP) is 3.13. The monoisotopic (exact) mass is 319 g/mol. The third kappa shape index (κ3) is 4.37. The average molecular weight is 319 g/mol. The van der Waals surface area contributed by atoms with Crippen LogP contribution in [0.25, 0.3) is 0 Å². The number of hydrogen-bond acceptors (Lipinski definition) is 3. The Balaban J connectivity index is 2.18. The highest BCUT2D eigenvalue weighted by Gasteiger charge is 2.23. The smallest absolute Gasteiger partial charge is 0.319 e. The summed E-state index contributed by atoms with van der Waals surface area (Å²) >= 11 is 0.